The fourth-order valence-electron chi connectivity index (χ4n) is 1.89. The monoisotopic (exact) mass is 318 g/mol. The zero-order chi connectivity index (χ0) is 17.0. The molecule has 22 heavy (non-hydrogen) atoms. The Labute approximate surface area is 137 Å². The van der Waals surface area contributed by atoms with E-state index in [1.807, 2.05) is 20.8 Å². The van der Waals surface area contributed by atoms with Gasteiger partial charge in [-0.25, -0.2) is 0 Å². The second kappa shape index (κ2) is 13.3. The van der Waals surface area contributed by atoms with Gasteiger partial charge in [0.1, 0.15) is 0 Å². The van der Waals surface area contributed by atoms with Gasteiger partial charge in [0.25, 0.3) is 0 Å². The van der Waals surface area contributed by atoms with E-state index >= 15 is 0 Å². The Morgan fingerprint density at radius 2 is 0.909 bits per heavy atom. The molecule has 0 spiro atoms. The van der Waals surface area contributed by atoms with Crippen LogP contribution in [0.15, 0.2) is 0 Å². The van der Waals surface area contributed by atoms with Crippen molar-refractivity contribution < 1.29 is 18.9 Å². The molecule has 4 heteroatoms. The summed E-state index contributed by atoms with van der Waals surface area (Å²) in [6.45, 7) is 17.3. The highest BCUT2D eigenvalue weighted by molar-refractivity contribution is 4.57. The molecule has 134 valence electrons. The highest BCUT2D eigenvalue weighted by Gasteiger charge is 2.11. The summed E-state index contributed by atoms with van der Waals surface area (Å²) in [6, 6.07) is 0. The first-order chi connectivity index (χ1) is 10.3. The first-order valence-electron chi connectivity index (χ1n) is 8.81. The summed E-state index contributed by atoms with van der Waals surface area (Å²) < 4.78 is 23.0. The molecule has 0 radical (unpaired) electrons. The SMILES string of the molecule is CCCC(C)OCC(C)OCC(C)OCC(C)OCC(C)C. The standard InChI is InChI=1S/C18H38O4/c1-8-9-15(4)20-11-17(6)22-13-18(7)21-12-16(5)19-10-14(2)3/h14-18H,8-13H2,1-7H3. The lowest BCUT2D eigenvalue weighted by Gasteiger charge is -2.21. The zero-order valence-electron chi connectivity index (χ0n) is 15.8. The highest BCUT2D eigenvalue weighted by Crippen LogP contribution is 2.05. The number of hydrogen-bond acceptors (Lipinski definition) is 4. The minimum Gasteiger partial charge on any atom is -0.376 e. The molecule has 4 unspecified atom stereocenters. The summed E-state index contributed by atoms with van der Waals surface area (Å²) in [5.74, 6) is 0.555. The van der Waals surface area contributed by atoms with Crippen molar-refractivity contribution in [3.8, 4) is 0 Å². The molecule has 0 aromatic rings. The van der Waals surface area contributed by atoms with E-state index in [-0.39, 0.29) is 18.3 Å². The summed E-state index contributed by atoms with van der Waals surface area (Å²) >= 11 is 0. The Kier molecular flexibility index (Phi) is 13.2. The van der Waals surface area contributed by atoms with Gasteiger partial charge in [-0.15, -0.1) is 0 Å². The molecule has 0 saturated carbocycles. The van der Waals surface area contributed by atoms with Crippen LogP contribution in [0.3, 0.4) is 0 Å². The molecule has 0 N–H and O–H groups in total. The Hall–Kier alpha value is -0.160. The summed E-state index contributed by atoms with van der Waals surface area (Å²) in [6.07, 6.45) is 2.85. The fourth-order valence-corrected chi connectivity index (χ4v) is 1.89. The molecule has 4 nitrogen and oxygen atoms in total. The van der Waals surface area contributed by atoms with Gasteiger partial charge in [0.05, 0.1) is 44.2 Å². The summed E-state index contributed by atoms with van der Waals surface area (Å²) in [5, 5.41) is 0. The molecule has 0 heterocycles. The number of rotatable bonds is 14. The van der Waals surface area contributed by atoms with Gasteiger partial charge in [-0.05, 0) is 40.0 Å². The Bertz CT molecular complexity index is 245. The third kappa shape index (κ3) is 13.5. The van der Waals surface area contributed by atoms with E-state index in [1.54, 1.807) is 0 Å². The number of hydrogen-bond donors (Lipinski definition) is 0. The van der Waals surface area contributed by atoms with Gasteiger partial charge in [-0.3, -0.25) is 0 Å². The van der Waals surface area contributed by atoms with Gasteiger partial charge in [-0.1, -0.05) is 27.2 Å². The first kappa shape index (κ1) is 21.8. The topological polar surface area (TPSA) is 36.9 Å². The average molecular weight is 318 g/mol. The third-order valence-electron chi connectivity index (χ3n) is 3.26. The summed E-state index contributed by atoms with van der Waals surface area (Å²) in [4.78, 5) is 0. The van der Waals surface area contributed by atoms with E-state index in [2.05, 4.69) is 27.7 Å². The molecule has 0 rings (SSSR count). The van der Waals surface area contributed by atoms with Crippen LogP contribution in [0.25, 0.3) is 0 Å². The molecule has 4 atom stereocenters. The minimum absolute atomic E-state index is 0.0700. The average Bonchev–Trinajstić information content (AvgIpc) is 2.46. The van der Waals surface area contributed by atoms with Gasteiger partial charge in [0, 0.05) is 6.61 Å². The lowest BCUT2D eigenvalue weighted by molar-refractivity contribution is -0.0877. The molecular formula is C18H38O4. The van der Waals surface area contributed by atoms with Gasteiger partial charge in [-0.2, -0.15) is 0 Å². The van der Waals surface area contributed by atoms with Crippen LogP contribution in [-0.4, -0.2) is 50.8 Å². The van der Waals surface area contributed by atoms with Crippen molar-refractivity contribution in [1.82, 2.24) is 0 Å². The molecular weight excluding hydrogens is 280 g/mol. The molecule has 0 aromatic heterocycles. The van der Waals surface area contributed by atoms with E-state index in [0.29, 0.717) is 31.8 Å². The maximum absolute atomic E-state index is 5.77. The van der Waals surface area contributed by atoms with E-state index in [1.165, 1.54) is 0 Å². The largest absolute Gasteiger partial charge is 0.376 e. The van der Waals surface area contributed by atoms with Crippen LogP contribution < -0.4 is 0 Å². The molecule has 0 bridgehead atoms. The molecule has 0 saturated heterocycles. The van der Waals surface area contributed by atoms with Crippen molar-refractivity contribution in [2.75, 3.05) is 26.4 Å². The Morgan fingerprint density at radius 3 is 1.27 bits per heavy atom. The maximum atomic E-state index is 5.77. The van der Waals surface area contributed by atoms with Crippen molar-refractivity contribution in [3.63, 3.8) is 0 Å². The lowest BCUT2D eigenvalue weighted by Crippen LogP contribution is -2.27. The lowest BCUT2D eigenvalue weighted by atomic mass is 10.2. The van der Waals surface area contributed by atoms with Gasteiger partial charge < -0.3 is 18.9 Å². The van der Waals surface area contributed by atoms with Crippen LogP contribution in [0, 0.1) is 5.92 Å². The van der Waals surface area contributed by atoms with Crippen molar-refractivity contribution >= 4 is 0 Å². The zero-order valence-corrected chi connectivity index (χ0v) is 15.8. The molecule has 0 fully saturated rings. The predicted octanol–water partition coefficient (Wildman–Crippen LogP) is 4.06. The molecule has 0 aliphatic heterocycles. The first-order valence-corrected chi connectivity index (χ1v) is 8.81. The van der Waals surface area contributed by atoms with Crippen molar-refractivity contribution in [3.05, 3.63) is 0 Å². The van der Waals surface area contributed by atoms with Crippen molar-refractivity contribution in [1.29, 1.82) is 0 Å². The smallest absolute Gasteiger partial charge is 0.0781 e. The summed E-state index contributed by atoms with van der Waals surface area (Å²) in [7, 11) is 0. The van der Waals surface area contributed by atoms with E-state index < -0.39 is 0 Å². The fraction of sp³-hybridized carbons (Fsp3) is 1.00. The van der Waals surface area contributed by atoms with Gasteiger partial charge >= 0.3 is 0 Å². The number of ether oxygens (including phenoxy) is 4. The van der Waals surface area contributed by atoms with Crippen LogP contribution in [0.4, 0.5) is 0 Å². The molecule has 0 aliphatic carbocycles. The minimum atomic E-state index is 0.0700. The Balaban J connectivity index is 3.64. The van der Waals surface area contributed by atoms with Crippen molar-refractivity contribution in [2.24, 2.45) is 5.92 Å². The highest BCUT2D eigenvalue weighted by atomic mass is 16.6. The van der Waals surface area contributed by atoms with Crippen LogP contribution in [0.1, 0.15) is 61.3 Å². The van der Waals surface area contributed by atoms with Crippen LogP contribution >= 0.6 is 0 Å². The van der Waals surface area contributed by atoms with Crippen LogP contribution in [0.5, 0.6) is 0 Å². The second-order valence-electron chi connectivity index (χ2n) is 6.76. The molecule has 0 amide bonds. The van der Waals surface area contributed by atoms with E-state index in [0.717, 1.165) is 19.4 Å². The van der Waals surface area contributed by atoms with Crippen LogP contribution in [-0.2, 0) is 18.9 Å². The van der Waals surface area contributed by atoms with E-state index in [9.17, 15) is 0 Å². The van der Waals surface area contributed by atoms with Crippen LogP contribution in [0.2, 0.25) is 0 Å². The molecule has 0 aliphatic rings. The quantitative estimate of drug-likeness (QED) is 0.484. The summed E-state index contributed by atoms with van der Waals surface area (Å²) in [5.41, 5.74) is 0. The maximum Gasteiger partial charge on any atom is 0.0781 e. The second-order valence-corrected chi connectivity index (χ2v) is 6.76. The Morgan fingerprint density at radius 1 is 0.545 bits per heavy atom. The van der Waals surface area contributed by atoms with Crippen molar-refractivity contribution in [2.45, 2.75) is 85.7 Å². The predicted molar refractivity (Wildman–Crippen MR) is 91.4 cm³/mol. The van der Waals surface area contributed by atoms with Gasteiger partial charge in [0.15, 0.2) is 0 Å². The van der Waals surface area contributed by atoms with Gasteiger partial charge in [0.2, 0.25) is 0 Å². The molecule has 0 aromatic carbocycles. The van der Waals surface area contributed by atoms with E-state index in [4.69, 9.17) is 18.9 Å². The normalized spacial score (nSPS) is 17.5. The third-order valence-corrected chi connectivity index (χ3v) is 3.26.